The van der Waals surface area contributed by atoms with Crippen molar-refractivity contribution in [1.29, 1.82) is 0 Å². The summed E-state index contributed by atoms with van der Waals surface area (Å²) >= 11 is 12.8. The number of likely N-dealkylation sites (N-methyl/N-ethyl adjacent to an activating group) is 1. The van der Waals surface area contributed by atoms with E-state index in [2.05, 4.69) is 5.32 Å². The van der Waals surface area contributed by atoms with Gasteiger partial charge in [0.25, 0.3) is 5.91 Å². The number of carbonyl (C=O) groups is 2. The fourth-order valence-electron chi connectivity index (χ4n) is 3.82. The highest BCUT2D eigenvalue weighted by atomic mass is 35.5. The number of hydrogen-bond donors (Lipinski definition) is 1. The van der Waals surface area contributed by atoms with Crippen LogP contribution in [-0.4, -0.2) is 36.4 Å². The van der Waals surface area contributed by atoms with Crippen molar-refractivity contribution in [3.8, 4) is 5.75 Å². The lowest BCUT2D eigenvalue weighted by Crippen LogP contribution is -2.51. The fraction of sp³-hybridized carbons (Fsp3) is 0.259. The lowest BCUT2D eigenvalue weighted by Gasteiger charge is -2.31. The van der Waals surface area contributed by atoms with E-state index in [9.17, 15) is 9.59 Å². The number of aryl methyl sites for hydroxylation is 2. The fourth-order valence-corrected chi connectivity index (χ4v) is 4.34. The van der Waals surface area contributed by atoms with E-state index in [0.717, 1.165) is 16.7 Å². The Morgan fingerprint density at radius 2 is 1.56 bits per heavy atom. The van der Waals surface area contributed by atoms with Crippen molar-refractivity contribution in [1.82, 2.24) is 10.2 Å². The molecule has 0 saturated heterocycles. The Labute approximate surface area is 210 Å². The van der Waals surface area contributed by atoms with Crippen LogP contribution >= 0.6 is 23.2 Å². The monoisotopic (exact) mass is 498 g/mol. The number of nitrogens with zero attached hydrogens (tertiary/aromatic N) is 1. The van der Waals surface area contributed by atoms with Crippen molar-refractivity contribution >= 4 is 35.0 Å². The van der Waals surface area contributed by atoms with Gasteiger partial charge in [0, 0.05) is 35.6 Å². The van der Waals surface area contributed by atoms with Gasteiger partial charge in [0.1, 0.15) is 11.8 Å². The summed E-state index contributed by atoms with van der Waals surface area (Å²) in [5, 5.41) is 3.54. The molecule has 0 spiro atoms. The molecule has 0 aliphatic heterocycles. The Kier molecular flexibility index (Phi) is 8.97. The minimum atomic E-state index is -0.782. The van der Waals surface area contributed by atoms with Gasteiger partial charge in [-0.15, -0.1) is 0 Å². The maximum absolute atomic E-state index is 13.5. The van der Waals surface area contributed by atoms with Gasteiger partial charge in [0.15, 0.2) is 6.61 Å². The van der Waals surface area contributed by atoms with Crippen molar-refractivity contribution in [2.45, 2.75) is 32.9 Å². The SMILES string of the molecule is CNC(=O)[C@H](Cc1ccccc1)N(Cc1c(Cl)cccc1Cl)C(=O)COc1cc(C)cc(C)c1. The van der Waals surface area contributed by atoms with Gasteiger partial charge in [-0.05, 0) is 54.8 Å². The number of ether oxygens (including phenoxy) is 1. The summed E-state index contributed by atoms with van der Waals surface area (Å²) in [6.07, 6.45) is 0.331. The number of rotatable bonds is 9. The number of carbonyl (C=O) groups excluding carboxylic acids is 2. The van der Waals surface area contributed by atoms with Gasteiger partial charge < -0.3 is 15.0 Å². The van der Waals surface area contributed by atoms with Crippen LogP contribution in [0.2, 0.25) is 10.0 Å². The van der Waals surface area contributed by atoms with Crippen LogP contribution in [0.15, 0.2) is 66.7 Å². The molecule has 0 fully saturated rings. The van der Waals surface area contributed by atoms with E-state index in [-0.39, 0.29) is 25.0 Å². The van der Waals surface area contributed by atoms with E-state index in [4.69, 9.17) is 27.9 Å². The predicted molar refractivity (Wildman–Crippen MR) is 136 cm³/mol. The second kappa shape index (κ2) is 11.9. The first kappa shape index (κ1) is 25.6. The molecule has 3 aromatic rings. The van der Waals surface area contributed by atoms with E-state index in [1.165, 1.54) is 4.90 Å². The molecule has 0 bridgehead atoms. The van der Waals surface area contributed by atoms with Gasteiger partial charge in [0.2, 0.25) is 5.91 Å². The average Bonchev–Trinajstić information content (AvgIpc) is 2.81. The molecule has 3 aromatic carbocycles. The van der Waals surface area contributed by atoms with E-state index in [1.807, 2.05) is 62.4 Å². The molecule has 2 amide bonds. The maximum atomic E-state index is 13.5. The van der Waals surface area contributed by atoms with Crippen molar-refractivity contribution in [3.05, 3.63) is 99.0 Å². The minimum absolute atomic E-state index is 0.0679. The molecule has 1 atom stereocenters. The molecule has 178 valence electrons. The summed E-state index contributed by atoms with van der Waals surface area (Å²) in [4.78, 5) is 28.0. The van der Waals surface area contributed by atoms with E-state index in [0.29, 0.717) is 27.8 Å². The Hall–Kier alpha value is -3.02. The molecule has 0 radical (unpaired) electrons. The topological polar surface area (TPSA) is 58.6 Å². The summed E-state index contributed by atoms with van der Waals surface area (Å²) in [6, 6.07) is 19.7. The Morgan fingerprint density at radius 3 is 2.15 bits per heavy atom. The second-order valence-corrected chi connectivity index (χ2v) is 8.97. The predicted octanol–water partition coefficient (Wildman–Crippen LogP) is 5.38. The highest BCUT2D eigenvalue weighted by molar-refractivity contribution is 6.36. The maximum Gasteiger partial charge on any atom is 0.261 e. The van der Waals surface area contributed by atoms with Gasteiger partial charge in [-0.2, -0.15) is 0 Å². The van der Waals surface area contributed by atoms with Crippen LogP contribution in [0, 0.1) is 13.8 Å². The number of halogens is 2. The molecule has 7 heteroatoms. The molecule has 0 heterocycles. The van der Waals surface area contributed by atoms with Crippen molar-refractivity contribution in [3.63, 3.8) is 0 Å². The summed E-state index contributed by atoms with van der Waals surface area (Å²) in [5.41, 5.74) is 3.57. The molecule has 0 unspecified atom stereocenters. The van der Waals surface area contributed by atoms with Gasteiger partial charge in [0.05, 0.1) is 0 Å². The van der Waals surface area contributed by atoms with Gasteiger partial charge in [-0.3, -0.25) is 9.59 Å². The van der Waals surface area contributed by atoms with Gasteiger partial charge in [-0.25, -0.2) is 0 Å². The highest BCUT2D eigenvalue weighted by Gasteiger charge is 2.31. The van der Waals surface area contributed by atoms with Crippen molar-refractivity contribution < 1.29 is 14.3 Å². The molecule has 0 aliphatic rings. The van der Waals surface area contributed by atoms with E-state index >= 15 is 0 Å². The molecular formula is C27H28Cl2N2O3. The smallest absolute Gasteiger partial charge is 0.261 e. The first-order chi connectivity index (χ1) is 16.3. The Bertz CT molecular complexity index is 1110. The van der Waals surface area contributed by atoms with Crippen LogP contribution in [0.5, 0.6) is 5.75 Å². The standard InChI is InChI=1S/C27H28Cl2N2O3/c1-18-12-19(2)14-21(13-18)34-17-26(32)31(16-22-23(28)10-7-11-24(22)29)25(27(33)30-3)15-20-8-5-4-6-9-20/h4-14,25H,15-17H2,1-3H3,(H,30,33)/t25-/m0/s1. The summed E-state index contributed by atoms with van der Waals surface area (Å²) < 4.78 is 5.83. The van der Waals surface area contributed by atoms with Gasteiger partial charge >= 0.3 is 0 Å². The molecule has 34 heavy (non-hydrogen) atoms. The van der Waals surface area contributed by atoms with E-state index in [1.54, 1.807) is 25.2 Å². The van der Waals surface area contributed by atoms with Crippen LogP contribution in [0.3, 0.4) is 0 Å². The van der Waals surface area contributed by atoms with Crippen molar-refractivity contribution in [2.24, 2.45) is 0 Å². The molecule has 0 saturated carbocycles. The summed E-state index contributed by atoms with van der Waals surface area (Å²) in [6.45, 7) is 3.77. The van der Waals surface area contributed by atoms with Crippen LogP contribution in [-0.2, 0) is 22.6 Å². The third-order valence-electron chi connectivity index (χ3n) is 5.47. The highest BCUT2D eigenvalue weighted by Crippen LogP contribution is 2.27. The third-order valence-corrected chi connectivity index (χ3v) is 6.17. The molecule has 0 aromatic heterocycles. The first-order valence-electron chi connectivity index (χ1n) is 11.0. The second-order valence-electron chi connectivity index (χ2n) is 8.15. The quantitative estimate of drug-likeness (QED) is 0.431. The summed E-state index contributed by atoms with van der Waals surface area (Å²) in [5.74, 6) is -0.0346. The number of benzene rings is 3. The lowest BCUT2D eigenvalue weighted by molar-refractivity contribution is -0.142. The van der Waals surface area contributed by atoms with Crippen LogP contribution in [0.1, 0.15) is 22.3 Å². The Balaban J connectivity index is 1.93. The zero-order chi connectivity index (χ0) is 24.7. The molecular weight excluding hydrogens is 471 g/mol. The molecule has 1 N–H and O–H groups in total. The number of hydrogen-bond acceptors (Lipinski definition) is 3. The van der Waals surface area contributed by atoms with E-state index < -0.39 is 6.04 Å². The molecule has 0 aliphatic carbocycles. The van der Waals surface area contributed by atoms with Gasteiger partial charge in [-0.1, -0.05) is 65.7 Å². The van der Waals surface area contributed by atoms with Crippen molar-refractivity contribution in [2.75, 3.05) is 13.7 Å². The zero-order valence-electron chi connectivity index (χ0n) is 19.5. The van der Waals surface area contributed by atoms with Crippen LogP contribution in [0.4, 0.5) is 0 Å². The normalized spacial score (nSPS) is 11.6. The minimum Gasteiger partial charge on any atom is -0.484 e. The number of nitrogens with one attached hydrogen (secondary N) is 1. The molecule has 3 rings (SSSR count). The average molecular weight is 499 g/mol. The largest absolute Gasteiger partial charge is 0.484 e. The zero-order valence-corrected chi connectivity index (χ0v) is 21.0. The summed E-state index contributed by atoms with van der Waals surface area (Å²) in [7, 11) is 1.55. The first-order valence-corrected chi connectivity index (χ1v) is 11.7. The Morgan fingerprint density at radius 1 is 0.941 bits per heavy atom. The third kappa shape index (κ3) is 6.75. The molecule has 5 nitrogen and oxygen atoms in total. The van der Waals surface area contributed by atoms with Crippen LogP contribution in [0.25, 0.3) is 0 Å². The number of amides is 2. The van der Waals surface area contributed by atoms with Crippen LogP contribution < -0.4 is 10.1 Å². The lowest BCUT2D eigenvalue weighted by atomic mass is 10.0.